The molecule has 0 saturated carbocycles. The number of carbonyl (C=O) groups excluding carboxylic acids is 1. The van der Waals surface area contributed by atoms with Gasteiger partial charge in [-0.2, -0.15) is 0 Å². The highest BCUT2D eigenvalue weighted by Crippen LogP contribution is 2.03. The zero-order valence-electron chi connectivity index (χ0n) is 10.3. The van der Waals surface area contributed by atoms with Crippen LogP contribution in [0.15, 0.2) is 24.3 Å². The number of rotatable bonds is 5. The Labute approximate surface area is 97.5 Å². The molecule has 0 spiro atoms. The fourth-order valence-electron chi connectivity index (χ4n) is 1.47. The quantitative estimate of drug-likeness (QED) is 0.764. The van der Waals surface area contributed by atoms with Gasteiger partial charge in [0.15, 0.2) is 0 Å². The lowest BCUT2D eigenvalue weighted by atomic mass is 10.1. The first-order valence-corrected chi connectivity index (χ1v) is 5.56. The predicted molar refractivity (Wildman–Crippen MR) is 66.2 cm³/mol. The number of amides is 1. The number of carbonyl (C=O) groups is 1. The van der Waals surface area contributed by atoms with E-state index in [1.165, 1.54) is 11.1 Å². The van der Waals surface area contributed by atoms with E-state index in [1.807, 2.05) is 0 Å². The van der Waals surface area contributed by atoms with Crippen LogP contribution in [0.4, 0.5) is 0 Å². The number of aryl methyl sites for hydroxylation is 1. The molecule has 0 aromatic heterocycles. The summed E-state index contributed by atoms with van der Waals surface area (Å²) in [6.45, 7) is 3.63. The van der Waals surface area contributed by atoms with Gasteiger partial charge in [-0.1, -0.05) is 29.8 Å². The maximum Gasteiger partial charge on any atom is 0.223 e. The fourth-order valence-corrected chi connectivity index (χ4v) is 1.47. The average Bonchev–Trinajstić information content (AvgIpc) is 2.24. The van der Waals surface area contributed by atoms with E-state index in [0.29, 0.717) is 6.42 Å². The second-order valence-corrected chi connectivity index (χ2v) is 4.20. The van der Waals surface area contributed by atoms with Crippen molar-refractivity contribution in [1.82, 2.24) is 10.2 Å². The van der Waals surface area contributed by atoms with E-state index in [4.69, 9.17) is 0 Å². The lowest BCUT2D eigenvalue weighted by Crippen LogP contribution is -2.26. The van der Waals surface area contributed by atoms with Crippen molar-refractivity contribution in [2.45, 2.75) is 19.9 Å². The van der Waals surface area contributed by atoms with Crippen LogP contribution in [0.3, 0.4) is 0 Å². The molecule has 0 heterocycles. The van der Waals surface area contributed by atoms with Crippen molar-refractivity contribution in [3.05, 3.63) is 35.4 Å². The third-order valence-corrected chi connectivity index (χ3v) is 2.43. The summed E-state index contributed by atoms with van der Waals surface area (Å²) in [5.41, 5.74) is 2.53. The first-order valence-electron chi connectivity index (χ1n) is 5.56. The summed E-state index contributed by atoms with van der Waals surface area (Å²) in [5.74, 6) is 0.164. The lowest BCUT2D eigenvalue weighted by Gasteiger charge is -2.10. The molecule has 1 N–H and O–H groups in total. The van der Waals surface area contributed by atoms with Crippen molar-refractivity contribution in [3.8, 4) is 0 Å². The summed E-state index contributed by atoms with van der Waals surface area (Å²) < 4.78 is 0. The molecule has 1 amide bonds. The molecule has 3 heteroatoms. The van der Waals surface area contributed by atoms with Crippen molar-refractivity contribution in [2.24, 2.45) is 0 Å². The number of nitrogens with one attached hydrogen (secondary N) is 1. The van der Waals surface area contributed by atoms with Crippen LogP contribution < -0.4 is 5.32 Å². The molecule has 0 aliphatic heterocycles. The van der Waals surface area contributed by atoms with Gasteiger partial charge in [0.2, 0.25) is 5.91 Å². The van der Waals surface area contributed by atoms with Gasteiger partial charge in [-0.05, 0) is 12.5 Å². The molecule has 88 valence electrons. The Morgan fingerprint density at radius 1 is 1.38 bits per heavy atom. The van der Waals surface area contributed by atoms with E-state index in [0.717, 1.165) is 13.1 Å². The minimum absolute atomic E-state index is 0.164. The van der Waals surface area contributed by atoms with Crippen LogP contribution in [-0.2, 0) is 11.3 Å². The summed E-state index contributed by atoms with van der Waals surface area (Å²) in [6, 6.07) is 8.38. The van der Waals surface area contributed by atoms with Gasteiger partial charge in [-0.25, -0.2) is 0 Å². The predicted octanol–water partition coefficient (Wildman–Crippen LogP) is 1.56. The maximum absolute atomic E-state index is 11.3. The molecule has 0 bridgehead atoms. The van der Waals surface area contributed by atoms with E-state index < -0.39 is 0 Å². The first kappa shape index (κ1) is 12.7. The summed E-state index contributed by atoms with van der Waals surface area (Å²) in [6.07, 6.45) is 0.554. The molecule has 0 aliphatic carbocycles. The second kappa shape index (κ2) is 6.28. The number of nitrogens with zero attached hydrogens (tertiary/aromatic N) is 1. The molecular formula is C13H20N2O. The van der Waals surface area contributed by atoms with Crippen LogP contribution in [0.5, 0.6) is 0 Å². The number of benzene rings is 1. The van der Waals surface area contributed by atoms with Gasteiger partial charge in [0.25, 0.3) is 0 Å². The molecule has 0 aliphatic rings. The average molecular weight is 220 g/mol. The third kappa shape index (κ3) is 4.45. The Morgan fingerprint density at radius 2 is 2.12 bits per heavy atom. The van der Waals surface area contributed by atoms with Crippen LogP contribution >= 0.6 is 0 Å². The molecule has 1 aromatic carbocycles. The third-order valence-electron chi connectivity index (χ3n) is 2.43. The van der Waals surface area contributed by atoms with Crippen LogP contribution in [0, 0.1) is 6.92 Å². The topological polar surface area (TPSA) is 32.3 Å². The minimum atomic E-state index is 0.164. The van der Waals surface area contributed by atoms with Crippen molar-refractivity contribution >= 4 is 5.91 Å². The number of hydrogen-bond donors (Lipinski definition) is 1. The van der Waals surface area contributed by atoms with E-state index in [-0.39, 0.29) is 5.91 Å². The summed E-state index contributed by atoms with van der Waals surface area (Å²) in [7, 11) is 3.56. The summed E-state index contributed by atoms with van der Waals surface area (Å²) in [4.78, 5) is 12.9. The van der Waals surface area contributed by atoms with Gasteiger partial charge >= 0.3 is 0 Å². The molecule has 3 nitrogen and oxygen atoms in total. The molecular weight excluding hydrogens is 200 g/mol. The van der Waals surface area contributed by atoms with Crippen LogP contribution in [0.2, 0.25) is 0 Å². The monoisotopic (exact) mass is 220 g/mol. The zero-order valence-corrected chi connectivity index (χ0v) is 10.3. The molecule has 0 fully saturated rings. The first-order chi connectivity index (χ1) is 7.59. The summed E-state index contributed by atoms with van der Waals surface area (Å²) in [5, 5.41) is 3.27. The molecule has 1 rings (SSSR count). The maximum atomic E-state index is 11.3. The van der Waals surface area contributed by atoms with E-state index in [9.17, 15) is 4.79 Å². The van der Waals surface area contributed by atoms with E-state index in [1.54, 1.807) is 19.0 Å². The molecule has 1 aromatic rings. The smallest absolute Gasteiger partial charge is 0.223 e. The highest BCUT2D eigenvalue weighted by atomic mass is 16.2. The van der Waals surface area contributed by atoms with Gasteiger partial charge in [0.05, 0.1) is 0 Å². The summed E-state index contributed by atoms with van der Waals surface area (Å²) >= 11 is 0. The molecule has 16 heavy (non-hydrogen) atoms. The molecule has 0 saturated heterocycles. The Balaban J connectivity index is 2.23. The van der Waals surface area contributed by atoms with Gasteiger partial charge in [-0.15, -0.1) is 0 Å². The van der Waals surface area contributed by atoms with Gasteiger partial charge in [-0.3, -0.25) is 4.79 Å². The van der Waals surface area contributed by atoms with Gasteiger partial charge < -0.3 is 10.2 Å². The van der Waals surface area contributed by atoms with Crippen molar-refractivity contribution < 1.29 is 4.79 Å². The SMILES string of the molecule is Cc1cccc(CNCCC(=O)N(C)C)c1. The van der Waals surface area contributed by atoms with Crippen LogP contribution in [-0.4, -0.2) is 31.4 Å². The Morgan fingerprint density at radius 3 is 2.75 bits per heavy atom. The van der Waals surface area contributed by atoms with Gasteiger partial charge in [0, 0.05) is 33.6 Å². The van der Waals surface area contributed by atoms with E-state index >= 15 is 0 Å². The Kier molecular flexibility index (Phi) is 4.99. The standard InChI is InChI=1S/C13H20N2O/c1-11-5-4-6-12(9-11)10-14-8-7-13(16)15(2)3/h4-6,9,14H,7-8,10H2,1-3H3. The second-order valence-electron chi connectivity index (χ2n) is 4.20. The lowest BCUT2D eigenvalue weighted by molar-refractivity contribution is -0.128. The molecule has 0 radical (unpaired) electrons. The van der Waals surface area contributed by atoms with Crippen molar-refractivity contribution in [1.29, 1.82) is 0 Å². The Hall–Kier alpha value is -1.35. The molecule has 0 unspecified atom stereocenters. The normalized spacial score (nSPS) is 10.2. The Bertz CT molecular complexity index is 348. The zero-order chi connectivity index (χ0) is 12.0. The minimum Gasteiger partial charge on any atom is -0.349 e. The number of hydrogen-bond acceptors (Lipinski definition) is 2. The van der Waals surface area contributed by atoms with Crippen LogP contribution in [0.25, 0.3) is 0 Å². The van der Waals surface area contributed by atoms with E-state index in [2.05, 4.69) is 36.5 Å². The largest absolute Gasteiger partial charge is 0.349 e. The van der Waals surface area contributed by atoms with Gasteiger partial charge in [0.1, 0.15) is 0 Å². The van der Waals surface area contributed by atoms with Crippen LogP contribution in [0.1, 0.15) is 17.5 Å². The fraction of sp³-hybridized carbons (Fsp3) is 0.462. The highest BCUT2D eigenvalue weighted by molar-refractivity contribution is 5.75. The highest BCUT2D eigenvalue weighted by Gasteiger charge is 2.02. The van der Waals surface area contributed by atoms with Crippen molar-refractivity contribution in [3.63, 3.8) is 0 Å². The molecule has 0 atom stereocenters. The van der Waals surface area contributed by atoms with Crippen molar-refractivity contribution in [2.75, 3.05) is 20.6 Å².